The Morgan fingerprint density at radius 3 is 2.95 bits per heavy atom. The van der Waals surface area contributed by atoms with Gasteiger partial charge >= 0.3 is 5.97 Å². The predicted octanol–water partition coefficient (Wildman–Crippen LogP) is 1.36. The fourth-order valence-corrected chi connectivity index (χ4v) is 1.71. The molecule has 0 bridgehead atoms. The molecule has 0 aliphatic heterocycles. The second kappa shape index (κ2) is 5.86. The summed E-state index contributed by atoms with van der Waals surface area (Å²) in [6, 6.07) is 1.71. The average molecular weight is 265 g/mol. The van der Waals surface area contributed by atoms with Crippen LogP contribution in [0.25, 0.3) is 0 Å². The van der Waals surface area contributed by atoms with Crippen molar-refractivity contribution in [2.45, 2.75) is 45.1 Å². The van der Waals surface area contributed by atoms with Crippen molar-refractivity contribution < 1.29 is 14.3 Å². The first-order valence-electron chi connectivity index (χ1n) is 6.65. The maximum atomic E-state index is 11.8. The van der Waals surface area contributed by atoms with Gasteiger partial charge in [-0.25, -0.2) is 4.79 Å². The molecule has 6 heteroatoms. The minimum atomic E-state index is -0.805. The Morgan fingerprint density at radius 2 is 2.32 bits per heavy atom. The van der Waals surface area contributed by atoms with Crippen molar-refractivity contribution in [2.75, 3.05) is 6.54 Å². The molecule has 1 aliphatic rings. The van der Waals surface area contributed by atoms with Crippen molar-refractivity contribution in [3.05, 3.63) is 17.5 Å². The van der Waals surface area contributed by atoms with Crippen LogP contribution in [0.3, 0.4) is 0 Å². The maximum Gasteiger partial charge on any atom is 0.359 e. The molecular formula is C13H19N3O3. The van der Waals surface area contributed by atoms with Crippen LogP contribution in [0, 0.1) is 0 Å². The van der Waals surface area contributed by atoms with Crippen molar-refractivity contribution in [2.24, 2.45) is 0 Å². The second-order valence-electron chi connectivity index (χ2n) is 4.82. The number of carbonyl (C=O) groups excluding carboxylic acids is 2. The number of aromatic nitrogens is 2. The summed E-state index contributed by atoms with van der Waals surface area (Å²) in [4.78, 5) is 23.4. The molecule has 1 amide bonds. The molecule has 2 rings (SSSR count). The monoisotopic (exact) mass is 265 g/mol. The summed E-state index contributed by atoms with van der Waals surface area (Å²) in [6.07, 6.45) is 2.30. The molecule has 0 aromatic carbocycles. The van der Waals surface area contributed by atoms with Crippen molar-refractivity contribution in [1.82, 2.24) is 15.5 Å². The number of hydrogen-bond donors (Lipinski definition) is 2. The zero-order valence-electron chi connectivity index (χ0n) is 11.2. The molecule has 6 nitrogen and oxygen atoms in total. The van der Waals surface area contributed by atoms with E-state index in [-0.39, 0.29) is 11.6 Å². The number of esters is 1. The lowest BCUT2D eigenvalue weighted by atomic mass is 10.2. The lowest BCUT2D eigenvalue weighted by Crippen LogP contribution is -2.36. The van der Waals surface area contributed by atoms with Crippen LogP contribution in [0.15, 0.2) is 6.07 Å². The highest BCUT2D eigenvalue weighted by Crippen LogP contribution is 2.39. The van der Waals surface area contributed by atoms with E-state index in [9.17, 15) is 9.59 Å². The number of ether oxygens (including phenoxy) is 1. The smallest absolute Gasteiger partial charge is 0.359 e. The molecule has 104 valence electrons. The molecule has 1 saturated carbocycles. The van der Waals surface area contributed by atoms with E-state index < -0.39 is 12.1 Å². The third-order valence-electron chi connectivity index (χ3n) is 3.03. The normalized spacial score (nSPS) is 15.9. The van der Waals surface area contributed by atoms with Gasteiger partial charge in [-0.2, -0.15) is 5.10 Å². The van der Waals surface area contributed by atoms with Crippen LogP contribution in [-0.2, 0) is 9.53 Å². The fourth-order valence-electron chi connectivity index (χ4n) is 1.71. The highest BCUT2D eigenvalue weighted by Gasteiger charge is 2.27. The molecule has 1 atom stereocenters. The topological polar surface area (TPSA) is 84.1 Å². The summed E-state index contributed by atoms with van der Waals surface area (Å²) in [7, 11) is 0. The van der Waals surface area contributed by atoms with E-state index in [2.05, 4.69) is 15.5 Å². The number of nitrogens with zero attached hydrogens (tertiary/aromatic N) is 1. The van der Waals surface area contributed by atoms with Gasteiger partial charge in [-0.05, 0) is 32.3 Å². The Labute approximate surface area is 111 Å². The lowest BCUT2D eigenvalue weighted by Gasteiger charge is -2.11. The van der Waals surface area contributed by atoms with Crippen LogP contribution in [-0.4, -0.2) is 34.7 Å². The third kappa shape index (κ3) is 3.56. The van der Waals surface area contributed by atoms with E-state index in [4.69, 9.17) is 4.74 Å². The number of aromatic amines is 1. The third-order valence-corrected chi connectivity index (χ3v) is 3.03. The summed E-state index contributed by atoms with van der Waals surface area (Å²) in [5.41, 5.74) is 1.20. The van der Waals surface area contributed by atoms with Gasteiger partial charge in [0.1, 0.15) is 0 Å². The maximum absolute atomic E-state index is 11.8. The van der Waals surface area contributed by atoms with Gasteiger partial charge in [0, 0.05) is 18.2 Å². The lowest BCUT2D eigenvalue weighted by molar-refractivity contribution is -0.129. The molecule has 2 N–H and O–H groups in total. The molecule has 1 heterocycles. The number of hydrogen-bond acceptors (Lipinski definition) is 4. The van der Waals surface area contributed by atoms with Gasteiger partial charge in [-0.15, -0.1) is 0 Å². The number of carbonyl (C=O) groups is 2. The van der Waals surface area contributed by atoms with E-state index in [0.29, 0.717) is 12.5 Å². The minimum Gasteiger partial charge on any atom is -0.448 e. The van der Waals surface area contributed by atoms with Gasteiger partial charge in [-0.1, -0.05) is 6.92 Å². The van der Waals surface area contributed by atoms with Crippen LogP contribution in [0.1, 0.15) is 55.2 Å². The highest BCUT2D eigenvalue weighted by molar-refractivity contribution is 5.90. The van der Waals surface area contributed by atoms with Gasteiger partial charge in [0.05, 0.1) is 0 Å². The first-order valence-corrected chi connectivity index (χ1v) is 6.65. The number of amides is 1. The highest BCUT2D eigenvalue weighted by atomic mass is 16.5. The number of H-pyrrole nitrogens is 1. The van der Waals surface area contributed by atoms with E-state index in [0.717, 1.165) is 25.0 Å². The molecule has 1 aromatic rings. The molecule has 1 aromatic heterocycles. The molecule has 19 heavy (non-hydrogen) atoms. The van der Waals surface area contributed by atoms with Crippen molar-refractivity contribution in [1.29, 1.82) is 0 Å². The van der Waals surface area contributed by atoms with Crippen LogP contribution in [0.5, 0.6) is 0 Å². The summed E-state index contributed by atoms with van der Waals surface area (Å²) < 4.78 is 5.08. The summed E-state index contributed by atoms with van der Waals surface area (Å²) in [5, 5.41) is 9.43. The molecule has 1 aliphatic carbocycles. The van der Waals surface area contributed by atoms with Crippen LogP contribution < -0.4 is 5.32 Å². The first-order chi connectivity index (χ1) is 9.11. The van der Waals surface area contributed by atoms with Gasteiger partial charge in [0.2, 0.25) is 0 Å². The van der Waals surface area contributed by atoms with Gasteiger partial charge in [0.25, 0.3) is 5.91 Å². The Kier molecular flexibility index (Phi) is 4.19. The van der Waals surface area contributed by atoms with Crippen LogP contribution in [0.4, 0.5) is 0 Å². The minimum absolute atomic E-state index is 0.233. The van der Waals surface area contributed by atoms with E-state index in [1.165, 1.54) is 0 Å². The molecule has 0 saturated heterocycles. The Bertz CT molecular complexity index is 465. The van der Waals surface area contributed by atoms with E-state index in [1.54, 1.807) is 13.0 Å². The number of nitrogens with one attached hydrogen (secondary N) is 2. The van der Waals surface area contributed by atoms with Crippen LogP contribution in [0.2, 0.25) is 0 Å². The van der Waals surface area contributed by atoms with Gasteiger partial charge in [-0.3, -0.25) is 9.89 Å². The fraction of sp³-hybridized carbons (Fsp3) is 0.615. The Balaban J connectivity index is 1.86. The van der Waals surface area contributed by atoms with Gasteiger partial charge < -0.3 is 10.1 Å². The quantitative estimate of drug-likeness (QED) is 0.761. The molecule has 0 radical (unpaired) electrons. The average Bonchev–Trinajstić information content (AvgIpc) is 3.13. The van der Waals surface area contributed by atoms with Gasteiger partial charge in [0.15, 0.2) is 11.8 Å². The zero-order valence-corrected chi connectivity index (χ0v) is 11.2. The SMILES string of the molecule is CCCNC(=O)C(C)OC(=O)c1cc(C2CC2)[nH]n1. The summed E-state index contributed by atoms with van der Waals surface area (Å²) in [5.74, 6) is -0.352. The number of rotatable bonds is 6. The van der Waals surface area contributed by atoms with Crippen molar-refractivity contribution >= 4 is 11.9 Å². The summed E-state index contributed by atoms with van der Waals surface area (Å²) in [6.45, 7) is 4.09. The second-order valence-corrected chi connectivity index (χ2v) is 4.82. The Morgan fingerprint density at radius 1 is 1.58 bits per heavy atom. The molecule has 0 spiro atoms. The van der Waals surface area contributed by atoms with E-state index in [1.807, 2.05) is 6.92 Å². The molecule has 1 unspecified atom stereocenters. The molecular weight excluding hydrogens is 246 g/mol. The summed E-state index contributed by atoms with van der Waals surface area (Å²) >= 11 is 0. The standard InChI is InChI=1S/C13H19N3O3/c1-3-6-14-12(17)8(2)19-13(18)11-7-10(15-16-11)9-4-5-9/h7-9H,3-6H2,1-2H3,(H,14,17)(H,15,16). The first kappa shape index (κ1) is 13.6. The Hall–Kier alpha value is -1.85. The molecule has 1 fully saturated rings. The van der Waals surface area contributed by atoms with E-state index >= 15 is 0 Å². The largest absolute Gasteiger partial charge is 0.448 e. The van der Waals surface area contributed by atoms with Crippen molar-refractivity contribution in [3.63, 3.8) is 0 Å². The van der Waals surface area contributed by atoms with Crippen LogP contribution >= 0.6 is 0 Å². The van der Waals surface area contributed by atoms with Crippen molar-refractivity contribution in [3.8, 4) is 0 Å². The zero-order chi connectivity index (χ0) is 13.8. The predicted molar refractivity (Wildman–Crippen MR) is 68.7 cm³/mol.